The van der Waals surface area contributed by atoms with Gasteiger partial charge in [-0.2, -0.15) is 0 Å². The second-order valence-corrected chi connectivity index (χ2v) is 15.0. The molecular formula is C31H48O5. The van der Waals surface area contributed by atoms with Crippen LogP contribution in [0.5, 0.6) is 0 Å². The van der Waals surface area contributed by atoms with E-state index in [1.165, 1.54) is 12.7 Å². The zero-order valence-electron chi connectivity index (χ0n) is 23.6. The van der Waals surface area contributed by atoms with E-state index in [-0.39, 0.29) is 57.8 Å². The zero-order chi connectivity index (χ0) is 26.5. The average molecular weight is 501 g/mol. The number of hydrogen-bond donors (Lipinski definition) is 2. The lowest BCUT2D eigenvalue weighted by atomic mass is 9.33. The molecule has 4 fully saturated rings. The van der Waals surface area contributed by atoms with Crippen molar-refractivity contribution in [3.63, 3.8) is 0 Å². The Bertz CT molecular complexity index is 1000. The molecular weight excluding hydrogens is 452 g/mol. The number of aliphatic hydroxyl groups excluding tert-OH is 2. The van der Waals surface area contributed by atoms with Gasteiger partial charge in [-0.15, -0.1) is 0 Å². The standard InChI is InChI=1S/C31H48O5/c1-26-12-13-27(2,25(35)36-7)17-20(26)19-16-21(33)24-28(3)10-9-23(34)29(4,18-32)22(28)8-11-31(24,6)30(19,5)15-14-26/h16,20,22-24,32,34H,8-15,17-18H2,1-7H3/t20-,22+,23-,24+,26+,27+,28-,29+,30+,31+/m0/s1. The molecule has 2 N–H and O–H groups in total. The Labute approximate surface area is 217 Å². The first-order chi connectivity index (χ1) is 16.7. The highest BCUT2D eigenvalue weighted by atomic mass is 16.5. The van der Waals surface area contributed by atoms with Gasteiger partial charge in [-0.3, -0.25) is 9.59 Å². The summed E-state index contributed by atoms with van der Waals surface area (Å²) in [6.07, 6.45) is 9.56. The van der Waals surface area contributed by atoms with Crippen molar-refractivity contribution in [2.24, 2.45) is 50.2 Å². The Morgan fingerprint density at radius 2 is 1.67 bits per heavy atom. The molecule has 0 saturated heterocycles. The Morgan fingerprint density at radius 1 is 1.00 bits per heavy atom. The maximum Gasteiger partial charge on any atom is 0.311 e. The molecule has 5 aliphatic carbocycles. The van der Waals surface area contributed by atoms with E-state index in [9.17, 15) is 19.8 Å². The number of carbonyl (C=O) groups excluding carboxylic acids is 2. The number of aliphatic hydroxyl groups is 2. The number of hydrogen-bond acceptors (Lipinski definition) is 5. The summed E-state index contributed by atoms with van der Waals surface area (Å²) < 4.78 is 5.24. The number of methoxy groups -OCH3 is 1. The minimum atomic E-state index is -0.573. The summed E-state index contributed by atoms with van der Waals surface area (Å²) in [4.78, 5) is 27.1. The van der Waals surface area contributed by atoms with Crippen molar-refractivity contribution in [2.75, 3.05) is 13.7 Å². The van der Waals surface area contributed by atoms with Crippen molar-refractivity contribution in [1.82, 2.24) is 0 Å². The fraction of sp³-hybridized carbons (Fsp3) is 0.871. The topological polar surface area (TPSA) is 83.8 Å². The molecule has 0 amide bonds. The molecule has 0 aromatic rings. The fourth-order valence-corrected chi connectivity index (χ4v) is 10.6. The summed E-state index contributed by atoms with van der Waals surface area (Å²) in [7, 11) is 1.49. The lowest BCUT2D eigenvalue weighted by Gasteiger charge is -2.70. The van der Waals surface area contributed by atoms with Crippen LogP contribution in [0.2, 0.25) is 0 Å². The highest BCUT2D eigenvalue weighted by Gasteiger charge is 2.70. The second-order valence-electron chi connectivity index (χ2n) is 15.0. The third-order valence-electron chi connectivity index (χ3n) is 13.4. The van der Waals surface area contributed by atoms with Crippen molar-refractivity contribution in [1.29, 1.82) is 0 Å². The van der Waals surface area contributed by atoms with Crippen LogP contribution >= 0.6 is 0 Å². The first-order valence-corrected chi connectivity index (χ1v) is 14.3. The van der Waals surface area contributed by atoms with Gasteiger partial charge >= 0.3 is 5.97 Å². The van der Waals surface area contributed by atoms with Gasteiger partial charge in [0.25, 0.3) is 0 Å². The molecule has 0 heterocycles. The third-order valence-corrected chi connectivity index (χ3v) is 13.4. The molecule has 0 radical (unpaired) electrons. The van der Waals surface area contributed by atoms with Gasteiger partial charge in [0.05, 0.1) is 25.2 Å². The third kappa shape index (κ3) is 3.08. The van der Waals surface area contributed by atoms with Crippen LogP contribution < -0.4 is 0 Å². The molecule has 4 saturated carbocycles. The molecule has 202 valence electrons. The fourth-order valence-electron chi connectivity index (χ4n) is 10.6. The number of fused-ring (bicyclic) bond motifs is 7. The molecule has 0 unspecified atom stereocenters. The molecule has 0 aromatic heterocycles. The number of carbonyl (C=O) groups is 2. The van der Waals surface area contributed by atoms with Gasteiger partial charge < -0.3 is 14.9 Å². The summed E-state index contributed by atoms with van der Waals surface area (Å²) in [5.74, 6) is 0.322. The molecule has 5 nitrogen and oxygen atoms in total. The summed E-state index contributed by atoms with van der Waals surface area (Å²) in [6.45, 7) is 13.5. The van der Waals surface area contributed by atoms with Crippen LogP contribution in [0.25, 0.3) is 0 Å². The average Bonchev–Trinajstić information content (AvgIpc) is 2.83. The predicted octanol–water partition coefficient (Wildman–Crippen LogP) is 5.47. The minimum Gasteiger partial charge on any atom is -0.469 e. The quantitative estimate of drug-likeness (QED) is 0.491. The SMILES string of the molecule is COC(=O)[C@]1(C)CC[C@]2(C)CC[C@]3(C)C(=CC(=O)[C@@H]4[C@@]5(C)CC[C@H](O)[C@](C)(CO)[C@@H]5CC[C@]43C)[C@@H]2C1. The van der Waals surface area contributed by atoms with Crippen molar-refractivity contribution < 1.29 is 24.5 Å². The van der Waals surface area contributed by atoms with E-state index in [0.29, 0.717) is 6.42 Å². The van der Waals surface area contributed by atoms with E-state index in [0.717, 1.165) is 51.4 Å². The van der Waals surface area contributed by atoms with E-state index >= 15 is 0 Å². The molecule has 5 rings (SSSR count). The summed E-state index contributed by atoms with van der Waals surface area (Å²) in [5.41, 5.74) is -0.227. The lowest BCUT2D eigenvalue weighted by Crippen LogP contribution is -2.67. The van der Waals surface area contributed by atoms with Crippen LogP contribution in [-0.2, 0) is 14.3 Å². The van der Waals surface area contributed by atoms with E-state index in [2.05, 4.69) is 34.6 Å². The van der Waals surface area contributed by atoms with Crippen LogP contribution in [-0.4, -0.2) is 41.8 Å². The lowest BCUT2D eigenvalue weighted by molar-refractivity contribution is -0.212. The molecule has 0 spiro atoms. The van der Waals surface area contributed by atoms with Crippen molar-refractivity contribution in [2.45, 2.75) is 105 Å². The summed E-state index contributed by atoms with van der Waals surface area (Å²) >= 11 is 0. The molecule has 0 aromatic carbocycles. The van der Waals surface area contributed by atoms with Gasteiger partial charge in [-0.05, 0) is 104 Å². The molecule has 10 atom stereocenters. The summed E-state index contributed by atoms with van der Waals surface area (Å²) in [5, 5.41) is 21.3. The van der Waals surface area contributed by atoms with Crippen LogP contribution in [0.15, 0.2) is 11.6 Å². The maximum absolute atomic E-state index is 14.3. The number of esters is 1. The monoisotopic (exact) mass is 500 g/mol. The molecule has 0 aliphatic heterocycles. The van der Waals surface area contributed by atoms with Gasteiger partial charge in [0.15, 0.2) is 5.78 Å². The van der Waals surface area contributed by atoms with Gasteiger partial charge in [0.1, 0.15) is 0 Å². The second kappa shape index (κ2) is 7.91. The number of allylic oxidation sites excluding steroid dienone is 2. The molecule has 0 bridgehead atoms. The van der Waals surface area contributed by atoms with E-state index in [1.807, 2.05) is 13.0 Å². The molecule has 5 aliphatic rings. The van der Waals surface area contributed by atoms with Crippen LogP contribution in [0.1, 0.15) is 99.3 Å². The highest BCUT2D eigenvalue weighted by molar-refractivity contribution is 5.95. The summed E-state index contributed by atoms with van der Waals surface area (Å²) in [6, 6.07) is 0. The molecule has 5 heteroatoms. The van der Waals surface area contributed by atoms with Gasteiger partial charge in [-0.25, -0.2) is 0 Å². The van der Waals surface area contributed by atoms with Gasteiger partial charge in [-0.1, -0.05) is 40.2 Å². The van der Waals surface area contributed by atoms with Crippen LogP contribution in [0, 0.1) is 50.2 Å². The predicted molar refractivity (Wildman–Crippen MR) is 139 cm³/mol. The smallest absolute Gasteiger partial charge is 0.311 e. The maximum atomic E-state index is 14.3. The zero-order valence-corrected chi connectivity index (χ0v) is 23.6. The number of ketones is 1. The van der Waals surface area contributed by atoms with Crippen molar-refractivity contribution >= 4 is 11.8 Å². The Hall–Kier alpha value is -1.20. The minimum absolute atomic E-state index is 0.0447. The van der Waals surface area contributed by atoms with E-state index < -0.39 is 16.9 Å². The number of ether oxygens (including phenoxy) is 1. The largest absolute Gasteiger partial charge is 0.469 e. The first kappa shape index (κ1) is 26.4. The Balaban J connectivity index is 1.61. The van der Waals surface area contributed by atoms with Crippen LogP contribution in [0.4, 0.5) is 0 Å². The van der Waals surface area contributed by atoms with E-state index in [4.69, 9.17) is 4.74 Å². The van der Waals surface area contributed by atoms with Crippen molar-refractivity contribution in [3.8, 4) is 0 Å². The normalized spacial score (nSPS) is 54.4. The first-order valence-electron chi connectivity index (χ1n) is 14.3. The van der Waals surface area contributed by atoms with Gasteiger partial charge in [0, 0.05) is 11.3 Å². The Kier molecular flexibility index (Phi) is 5.80. The number of rotatable bonds is 2. The van der Waals surface area contributed by atoms with Crippen LogP contribution in [0.3, 0.4) is 0 Å². The highest BCUT2D eigenvalue weighted by Crippen LogP contribution is 2.75. The molecule has 36 heavy (non-hydrogen) atoms. The van der Waals surface area contributed by atoms with Gasteiger partial charge in [0.2, 0.25) is 0 Å². The van der Waals surface area contributed by atoms with E-state index in [1.54, 1.807) is 0 Å². The van der Waals surface area contributed by atoms with Crippen molar-refractivity contribution in [3.05, 3.63) is 11.6 Å². The Morgan fingerprint density at radius 3 is 2.31 bits per heavy atom.